The number of esters is 1. The monoisotopic (exact) mass is 409 g/mol. The number of carbonyl (C=O) groups is 2. The van der Waals surface area contributed by atoms with Gasteiger partial charge in [0.05, 0.1) is 14.2 Å². The normalized spacial score (nSPS) is 10.5. The first kappa shape index (κ1) is 20.6. The van der Waals surface area contributed by atoms with Crippen molar-refractivity contribution in [2.45, 2.75) is 0 Å². The number of carbonyl (C=O) groups excluding carboxylic acids is 2. The summed E-state index contributed by atoms with van der Waals surface area (Å²) in [6, 6.07) is 9.76. The van der Waals surface area contributed by atoms with Crippen LogP contribution in [-0.2, 0) is 14.3 Å². The molecule has 6 nitrogen and oxygen atoms in total. The Morgan fingerprint density at radius 2 is 1.74 bits per heavy atom. The number of ether oxygens (including phenoxy) is 3. The number of amides is 1. The van der Waals surface area contributed by atoms with Crippen molar-refractivity contribution in [3.05, 3.63) is 58.1 Å². The predicted octanol–water partition coefficient (Wildman–Crippen LogP) is 4.21. The third-order valence-electron chi connectivity index (χ3n) is 3.33. The molecule has 0 aliphatic carbocycles. The fourth-order valence-electron chi connectivity index (χ4n) is 2.14. The Kier molecular flexibility index (Phi) is 7.52. The average molecular weight is 410 g/mol. The largest absolute Gasteiger partial charge is 0.497 e. The number of hydrogen-bond acceptors (Lipinski definition) is 5. The molecule has 0 fully saturated rings. The van der Waals surface area contributed by atoms with Crippen LogP contribution in [0.1, 0.15) is 5.56 Å². The van der Waals surface area contributed by atoms with Gasteiger partial charge in [-0.15, -0.1) is 0 Å². The standard InChI is InChI=1S/C19H17Cl2NO5/c1-25-16-4-5-17(26-2)12(7-16)3-6-19(24)27-11-18(23)22-15-9-13(20)8-14(21)10-15/h3-10H,11H2,1-2H3,(H,22,23)/b6-3+. The van der Waals surface area contributed by atoms with E-state index in [-0.39, 0.29) is 0 Å². The summed E-state index contributed by atoms with van der Waals surface area (Å²) in [7, 11) is 3.05. The molecule has 0 unspecified atom stereocenters. The van der Waals surface area contributed by atoms with E-state index in [1.807, 2.05) is 0 Å². The highest BCUT2D eigenvalue weighted by molar-refractivity contribution is 6.35. The van der Waals surface area contributed by atoms with Crippen LogP contribution in [0.15, 0.2) is 42.5 Å². The smallest absolute Gasteiger partial charge is 0.331 e. The minimum atomic E-state index is -0.681. The quantitative estimate of drug-likeness (QED) is 0.547. The van der Waals surface area contributed by atoms with Crippen molar-refractivity contribution in [1.29, 1.82) is 0 Å². The molecule has 0 heterocycles. The van der Waals surface area contributed by atoms with Gasteiger partial charge in [0, 0.05) is 27.4 Å². The molecule has 0 bridgehead atoms. The molecular weight excluding hydrogens is 393 g/mol. The van der Waals surface area contributed by atoms with Gasteiger partial charge in [-0.25, -0.2) is 4.79 Å². The molecule has 0 spiro atoms. The second-order valence-corrected chi connectivity index (χ2v) is 6.13. The number of benzene rings is 2. The highest BCUT2D eigenvalue weighted by atomic mass is 35.5. The van der Waals surface area contributed by atoms with Gasteiger partial charge in [0.15, 0.2) is 6.61 Å². The molecule has 1 amide bonds. The van der Waals surface area contributed by atoms with E-state index in [1.165, 1.54) is 44.6 Å². The Hall–Kier alpha value is -2.70. The minimum Gasteiger partial charge on any atom is -0.497 e. The van der Waals surface area contributed by atoms with Crippen molar-refractivity contribution in [2.75, 3.05) is 26.1 Å². The molecule has 0 aliphatic heterocycles. The molecule has 2 aromatic rings. The molecule has 27 heavy (non-hydrogen) atoms. The molecule has 2 aromatic carbocycles. The zero-order valence-electron chi connectivity index (χ0n) is 14.6. The van der Waals surface area contributed by atoms with Crippen LogP contribution in [-0.4, -0.2) is 32.7 Å². The second-order valence-electron chi connectivity index (χ2n) is 5.26. The van der Waals surface area contributed by atoms with Crippen LogP contribution in [0.5, 0.6) is 11.5 Å². The predicted molar refractivity (Wildman–Crippen MR) is 105 cm³/mol. The van der Waals surface area contributed by atoms with Crippen LogP contribution in [0.2, 0.25) is 10.0 Å². The lowest BCUT2D eigenvalue weighted by molar-refractivity contribution is -0.142. The third-order valence-corrected chi connectivity index (χ3v) is 3.76. The summed E-state index contributed by atoms with van der Waals surface area (Å²) in [4.78, 5) is 23.7. The zero-order valence-corrected chi connectivity index (χ0v) is 16.1. The highest BCUT2D eigenvalue weighted by Crippen LogP contribution is 2.25. The van der Waals surface area contributed by atoms with E-state index >= 15 is 0 Å². The van der Waals surface area contributed by atoms with Gasteiger partial charge in [-0.05, 0) is 42.5 Å². The average Bonchev–Trinajstić information content (AvgIpc) is 2.63. The van der Waals surface area contributed by atoms with Crippen LogP contribution in [0.25, 0.3) is 6.08 Å². The maximum Gasteiger partial charge on any atom is 0.331 e. The lowest BCUT2D eigenvalue weighted by Gasteiger charge is -2.07. The van der Waals surface area contributed by atoms with Crippen LogP contribution >= 0.6 is 23.2 Å². The van der Waals surface area contributed by atoms with Gasteiger partial charge in [0.25, 0.3) is 5.91 Å². The summed E-state index contributed by atoms with van der Waals surface area (Å²) >= 11 is 11.7. The topological polar surface area (TPSA) is 73.9 Å². The Morgan fingerprint density at radius 1 is 1.04 bits per heavy atom. The number of methoxy groups -OCH3 is 2. The Morgan fingerprint density at radius 3 is 2.37 bits per heavy atom. The summed E-state index contributed by atoms with van der Waals surface area (Å²) in [5.41, 5.74) is 1.04. The number of nitrogens with one attached hydrogen (secondary N) is 1. The lowest BCUT2D eigenvalue weighted by Crippen LogP contribution is -2.20. The van der Waals surface area contributed by atoms with E-state index in [0.717, 1.165) is 0 Å². The molecule has 0 aliphatic rings. The van der Waals surface area contributed by atoms with Gasteiger partial charge in [0.1, 0.15) is 11.5 Å². The molecule has 0 saturated heterocycles. The molecule has 142 valence electrons. The van der Waals surface area contributed by atoms with Crippen LogP contribution in [0.3, 0.4) is 0 Å². The number of halogens is 2. The Labute approximate surface area is 166 Å². The van der Waals surface area contributed by atoms with Gasteiger partial charge in [-0.2, -0.15) is 0 Å². The molecule has 2 rings (SSSR count). The van der Waals surface area contributed by atoms with E-state index in [0.29, 0.717) is 32.8 Å². The minimum absolute atomic E-state index is 0.380. The zero-order chi connectivity index (χ0) is 19.8. The summed E-state index contributed by atoms with van der Waals surface area (Å²) in [5, 5.41) is 3.30. The van der Waals surface area contributed by atoms with Crippen molar-refractivity contribution < 1.29 is 23.8 Å². The highest BCUT2D eigenvalue weighted by Gasteiger charge is 2.08. The fraction of sp³-hybridized carbons (Fsp3) is 0.158. The van der Waals surface area contributed by atoms with E-state index in [2.05, 4.69) is 5.32 Å². The van der Waals surface area contributed by atoms with Crippen LogP contribution in [0.4, 0.5) is 5.69 Å². The summed E-state index contributed by atoms with van der Waals surface area (Å²) in [6.45, 7) is -0.456. The number of hydrogen-bond donors (Lipinski definition) is 1. The molecule has 0 radical (unpaired) electrons. The van der Waals surface area contributed by atoms with Crippen molar-refractivity contribution in [3.63, 3.8) is 0 Å². The molecule has 0 saturated carbocycles. The second kappa shape index (κ2) is 9.85. The van der Waals surface area contributed by atoms with E-state index in [9.17, 15) is 9.59 Å². The first-order chi connectivity index (χ1) is 12.9. The molecule has 8 heteroatoms. The van der Waals surface area contributed by atoms with E-state index in [4.69, 9.17) is 37.4 Å². The summed E-state index contributed by atoms with van der Waals surface area (Å²) in [6.07, 6.45) is 2.71. The number of rotatable bonds is 7. The van der Waals surface area contributed by atoms with Gasteiger partial charge < -0.3 is 19.5 Å². The van der Waals surface area contributed by atoms with Crippen molar-refractivity contribution in [1.82, 2.24) is 0 Å². The molecule has 0 atom stereocenters. The maximum absolute atomic E-state index is 11.9. The summed E-state index contributed by atoms with van der Waals surface area (Å²) < 4.78 is 15.3. The third kappa shape index (κ3) is 6.51. The van der Waals surface area contributed by atoms with Gasteiger partial charge in [-0.3, -0.25) is 4.79 Å². The molecule has 0 aromatic heterocycles. The lowest BCUT2D eigenvalue weighted by atomic mass is 10.1. The van der Waals surface area contributed by atoms with E-state index < -0.39 is 18.5 Å². The fourth-order valence-corrected chi connectivity index (χ4v) is 2.66. The van der Waals surface area contributed by atoms with Gasteiger partial charge >= 0.3 is 5.97 Å². The first-order valence-electron chi connectivity index (χ1n) is 7.74. The van der Waals surface area contributed by atoms with Crippen molar-refractivity contribution in [3.8, 4) is 11.5 Å². The first-order valence-corrected chi connectivity index (χ1v) is 8.49. The maximum atomic E-state index is 11.9. The Bertz CT molecular complexity index is 847. The Balaban J connectivity index is 1.92. The van der Waals surface area contributed by atoms with Crippen molar-refractivity contribution >= 4 is 46.8 Å². The SMILES string of the molecule is COc1ccc(OC)c(/C=C/C(=O)OCC(=O)Nc2cc(Cl)cc(Cl)c2)c1. The number of anilines is 1. The van der Waals surface area contributed by atoms with Gasteiger partial charge in [-0.1, -0.05) is 23.2 Å². The van der Waals surface area contributed by atoms with Crippen molar-refractivity contribution in [2.24, 2.45) is 0 Å². The summed E-state index contributed by atoms with van der Waals surface area (Å²) in [5.74, 6) is -0.0213. The van der Waals surface area contributed by atoms with Crippen LogP contribution < -0.4 is 14.8 Å². The van der Waals surface area contributed by atoms with Gasteiger partial charge in [0.2, 0.25) is 0 Å². The molecule has 1 N–H and O–H groups in total. The van der Waals surface area contributed by atoms with Crippen LogP contribution in [0, 0.1) is 0 Å². The van der Waals surface area contributed by atoms with E-state index in [1.54, 1.807) is 18.2 Å². The molecular formula is C19H17Cl2NO5.